The molecule has 3 N–H and O–H groups in total. The fraction of sp³-hybridized carbons (Fsp3) is 0.929. The van der Waals surface area contributed by atoms with Crippen LogP contribution in [-0.2, 0) is 4.79 Å². The highest BCUT2D eigenvalue weighted by Crippen LogP contribution is 2.42. The summed E-state index contributed by atoms with van der Waals surface area (Å²) in [5, 5.41) is 3.11. The predicted molar refractivity (Wildman–Crippen MR) is 73.2 cm³/mol. The van der Waals surface area contributed by atoms with Gasteiger partial charge in [-0.1, -0.05) is 13.3 Å². The Morgan fingerprint density at radius 2 is 2.28 bits per heavy atom. The van der Waals surface area contributed by atoms with E-state index in [-0.39, 0.29) is 11.3 Å². The molecule has 18 heavy (non-hydrogen) atoms. The van der Waals surface area contributed by atoms with Gasteiger partial charge in [0.05, 0.1) is 0 Å². The fourth-order valence-corrected chi connectivity index (χ4v) is 3.16. The van der Waals surface area contributed by atoms with Crippen LogP contribution in [0.5, 0.6) is 0 Å². The number of nitrogens with zero attached hydrogens (tertiary/aromatic N) is 1. The molecule has 1 saturated carbocycles. The average Bonchev–Trinajstić information content (AvgIpc) is 2.79. The van der Waals surface area contributed by atoms with Crippen LogP contribution in [0, 0.1) is 11.3 Å². The minimum Gasteiger partial charge on any atom is -0.356 e. The highest BCUT2D eigenvalue weighted by Gasteiger charge is 2.37. The molecule has 1 amide bonds. The minimum absolute atomic E-state index is 0.134. The van der Waals surface area contributed by atoms with Gasteiger partial charge in [-0.3, -0.25) is 4.79 Å². The quantitative estimate of drug-likeness (QED) is 0.741. The molecule has 1 aliphatic carbocycles. The molecule has 1 aliphatic heterocycles. The molecular weight excluding hydrogens is 226 g/mol. The first-order chi connectivity index (χ1) is 8.67. The summed E-state index contributed by atoms with van der Waals surface area (Å²) >= 11 is 0. The number of carbonyl (C=O) groups excluding carboxylic acids is 1. The van der Waals surface area contributed by atoms with Crippen molar-refractivity contribution in [1.29, 1.82) is 0 Å². The van der Waals surface area contributed by atoms with E-state index in [0.717, 1.165) is 32.5 Å². The maximum Gasteiger partial charge on any atom is 0.220 e. The molecule has 1 unspecified atom stereocenters. The van der Waals surface area contributed by atoms with Crippen LogP contribution >= 0.6 is 0 Å². The predicted octanol–water partition coefficient (Wildman–Crippen LogP) is 0.964. The van der Waals surface area contributed by atoms with E-state index in [1.165, 1.54) is 19.4 Å². The van der Waals surface area contributed by atoms with Crippen molar-refractivity contribution in [3.63, 3.8) is 0 Å². The van der Waals surface area contributed by atoms with Gasteiger partial charge in [0, 0.05) is 19.5 Å². The number of hydrogen-bond donors (Lipinski definition) is 2. The van der Waals surface area contributed by atoms with Crippen LogP contribution < -0.4 is 11.1 Å². The Labute approximate surface area is 110 Å². The molecule has 0 bridgehead atoms. The van der Waals surface area contributed by atoms with Crippen LogP contribution in [0.25, 0.3) is 0 Å². The van der Waals surface area contributed by atoms with E-state index in [1.54, 1.807) is 0 Å². The summed E-state index contributed by atoms with van der Waals surface area (Å²) in [6.45, 7) is 7.15. The Bertz CT molecular complexity index is 283. The number of hydrogen-bond acceptors (Lipinski definition) is 3. The van der Waals surface area contributed by atoms with Gasteiger partial charge in [-0.2, -0.15) is 0 Å². The zero-order chi connectivity index (χ0) is 13.0. The maximum atomic E-state index is 11.9. The molecular formula is C14H27N3O. The molecule has 2 fully saturated rings. The molecule has 2 rings (SSSR count). The van der Waals surface area contributed by atoms with Crippen molar-refractivity contribution in [3.05, 3.63) is 0 Å². The first-order valence-corrected chi connectivity index (χ1v) is 7.36. The molecule has 4 heteroatoms. The molecule has 1 saturated heterocycles. The Morgan fingerprint density at radius 3 is 2.78 bits per heavy atom. The van der Waals surface area contributed by atoms with Crippen molar-refractivity contribution in [2.24, 2.45) is 17.1 Å². The smallest absolute Gasteiger partial charge is 0.220 e. The Balaban J connectivity index is 1.66. The SMILES string of the molecule is CCN1CCC(CNC(=O)CC2(CN)CCC2)C1. The Morgan fingerprint density at radius 1 is 1.50 bits per heavy atom. The summed E-state index contributed by atoms with van der Waals surface area (Å²) in [6.07, 6.45) is 5.34. The normalized spacial score (nSPS) is 26.9. The second-order valence-corrected chi connectivity index (χ2v) is 6.09. The van der Waals surface area contributed by atoms with Gasteiger partial charge in [-0.05, 0) is 50.2 Å². The van der Waals surface area contributed by atoms with Gasteiger partial charge < -0.3 is 16.0 Å². The van der Waals surface area contributed by atoms with Gasteiger partial charge in [0.1, 0.15) is 0 Å². The molecule has 1 atom stereocenters. The summed E-state index contributed by atoms with van der Waals surface area (Å²) in [6, 6.07) is 0. The third kappa shape index (κ3) is 3.23. The lowest BCUT2D eigenvalue weighted by atomic mass is 9.66. The molecule has 2 aliphatic rings. The molecule has 104 valence electrons. The van der Waals surface area contributed by atoms with Crippen molar-refractivity contribution in [2.45, 2.75) is 39.0 Å². The van der Waals surface area contributed by atoms with Crippen LogP contribution in [0.2, 0.25) is 0 Å². The number of nitrogens with two attached hydrogens (primary N) is 1. The van der Waals surface area contributed by atoms with Crippen LogP contribution in [0.15, 0.2) is 0 Å². The molecule has 0 radical (unpaired) electrons. The first kappa shape index (κ1) is 13.8. The average molecular weight is 253 g/mol. The van der Waals surface area contributed by atoms with Crippen LogP contribution in [-0.4, -0.2) is 43.5 Å². The monoisotopic (exact) mass is 253 g/mol. The van der Waals surface area contributed by atoms with Crippen molar-refractivity contribution >= 4 is 5.91 Å². The van der Waals surface area contributed by atoms with Crippen molar-refractivity contribution in [2.75, 3.05) is 32.7 Å². The van der Waals surface area contributed by atoms with Crippen LogP contribution in [0.1, 0.15) is 39.0 Å². The number of likely N-dealkylation sites (tertiary alicyclic amines) is 1. The van der Waals surface area contributed by atoms with Crippen LogP contribution in [0.3, 0.4) is 0 Å². The van der Waals surface area contributed by atoms with Gasteiger partial charge in [0.25, 0.3) is 0 Å². The summed E-state index contributed by atoms with van der Waals surface area (Å²) in [4.78, 5) is 14.4. The lowest BCUT2D eigenvalue weighted by Crippen LogP contribution is -2.42. The van der Waals surface area contributed by atoms with Gasteiger partial charge in [-0.25, -0.2) is 0 Å². The highest BCUT2D eigenvalue weighted by atomic mass is 16.1. The maximum absolute atomic E-state index is 11.9. The van der Waals surface area contributed by atoms with E-state index < -0.39 is 0 Å². The standard InChI is InChI=1S/C14H27N3O/c1-2-17-7-4-12(10-17)9-16-13(18)8-14(11-15)5-3-6-14/h12H,2-11,15H2,1H3,(H,16,18). The molecule has 1 heterocycles. The van der Waals surface area contributed by atoms with E-state index in [4.69, 9.17) is 5.73 Å². The third-order valence-electron chi connectivity index (χ3n) is 4.79. The highest BCUT2D eigenvalue weighted by molar-refractivity contribution is 5.76. The lowest BCUT2D eigenvalue weighted by Gasteiger charge is -2.40. The van der Waals surface area contributed by atoms with Crippen molar-refractivity contribution in [1.82, 2.24) is 10.2 Å². The minimum atomic E-state index is 0.134. The van der Waals surface area contributed by atoms with E-state index in [2.05, 4.69) is 17.1 Å². The molecule has 0 aromatic carbocycles. The van der Waals surface area contributed by atoms with Gasteiger partial charge in [0.2, 0.25) is 5.91 Å². The Kier molecular flexibility index (Phi) is 4.62. The number of carbonyl (C=O) groups is 1. The topological polar surface area (TPSA) is 58.4 Å². The second-order valence-electron chi connectivity index (χ2n) is 6.09. The van der Waals surface area contributed by atoms with Gasteiger partial charge in [-0.15, -0.1) is 0 Å². The van der Waals surface area contributed by atoms with Gasteiger partial charge in [0.15, 0.2) is 0 Å². The van der Waals surface area contributed by atoms with E-state index in [9.17, 15) is 4.79 Å². The summed E-state index contributed by atoms with van der Waals surface area (Å²) in [5.74, 6) is 0.846. The summed E-state index contributed by atoms with van der Waals surface area (Å²) < 4.78 is 0. The zero-order valence-corrected chi connectivity index (χ0v) is 11.6. The number of amides is 1. The summed E-state index contributed by atoms with van der Waals surface area (Å²) in [5.41, 5.74) is 5.92. The zero-order valence-electron chi connectivity index (χ0n) is 11.6. The molecule has 4 nitrogen and oxygen atoms in total. The molecule has 0 aromatic rings. The lowest BCUT2D eigenvalue weighted by molar-refractivity contribution is -0.124. The number of rotatable bonds is 6. The molecule has 0 spiro atoms. The van der Waals surface area contributed by atoms with Crippen molar-refractivity contribution in [3.8, 4) is 0 Å². The van der Waals surface area contributed by atoms with Crippen LogP contribution in [0.4, 0.5) is 0 Å². The fourth-order valence-electron chi connectivity index (χ4n) is 3.16. The number of nitrogens with one attached hydrogen (secondary N) is 1. The second kappa shape index (κ2) is 6.02. The van der Waals surface area contributed by atoms with Crippen molar-refractivity contribution < 1.29 is 4.79 Å². The Hall–Kier alpha value is -0.610. The first-order valence-electron chi connectivity index (χ1n) is 7.36. The van der Waals surface area contributed by atoms with Gasteiger partial charge >= 0.3 is 0 Å². The third-order valence-corrected chi connectivity index (χ3v) is 4.79. The largest absolute Gasteiger partial charge is 0.356 e. The summed E-state index contributed by atoms with van der Waals surface area (Å²) in [7, 11) is 0. The van der Waals surface area contributed by atoms with E-state index in [0.29, 0.717) is 18.9 Å². The van der Waals surface area contributed by atoms with E-state index in [1.807, 2.05) is 0 Å². The molecule has 0 aromatic heterocycles. The van der Waals surface area contributed by atoms with E-state index >= 15 is 0 Å².